The standard InChI is InChI=1S/C16H18N2O3/c1-12(10-17)21-16(20)14-9-15(19)18(11-14)8-7-13-5-3-2-4-6-13/h2-6,12,14H,7-9,11H2,1H3/t12-,14-/m1/s1. The van der Waals surface area contributed by atoms with Crippen molar-refractivity contribution in [3.8, 4) is 6.07 Å². The molecule has 1 amide bonds. The predicted octanol–water partition coefficient (Wildman–Crippen LogP) is 1.53. The van der Waals surface area contributed by atoms with Gasteiger partial charge < -0.3 is 9.64 Å². The number of esters is 1. The molecule has 1 aliphatic rings. The van der Waals surface area contributed by atoms with Gasteiger partial charge in [0.25, 0.3) is 0 Å². The molecule has 5 nitrogen and oxygen atoms in total. The van der Waals surface area contributed by atoms with Crippen LogP contribution in [0.2, 0.25) is 0 Å². The molecule has 2 atom stereocenters. The van der Waals surface area contributed by atoms with E-state index in [9.17, 15) is 9.59 Å². The zero-order valence-corrected chi connectivity index (χ0v) is 12.0. The second-order valence-corrected chi connectivity index (χ2v) is 5.18. The van der Waals surface area contributed by atoms with Gasteiger partial charge in [-0.25, -0.2) is 0 Å². The van der Waals surface area contributed by atoms with Crippen molar-refractivity contribution < 1.29 is 14.3 Å². The maximum absolute atomic E-state index is 11.9. The Morgan fingerprint density at radius 1 is 1.48 bits per heavy atom. The number of benzene rings is 1. The molecule has 0 N–H and O–H groups in total. The van der Waals surface area contributed by atoms with Crippen molar-refractivity contribution in [2.45, 2.75) is 25.9 Å². The number of carbonyl (C=O) groups excluding carboxylic acids is 2. The number of hydrogen-bond donors (Lipinski definition) is 0. The molecule has 1 aromatic carbocycles. The van der Waals surface area contributed by atoms with Crippen LogP contribution in [0.4, 0.5) is 0 Å². The summed E-state index contributed by atoms with van der Waals surface area (Å²) in [7, 11) is 0. The van der Waals surface area contributed by atoms with Crippen molar-refractivity contribution in [2.24, 2.45) is 5.92 Å². The maximum atomic E-state index is 11.9. The molecule has 2 rings (SSSR count). The predicted molar refractivity (Wildman–Crippen MR) is 76.0 cm³/mol. The molecule has 21 heavy (non-hydrogen) atoms. The highest BCUT2D eigenvalue weighted by Gasteiger charge is 2.35. The molecule has 0 spiro atoms. The van der Waals surface area contributed by atoms with E-state index in [0.717, 1.165) is 12.0 Å². The van der Waals surface area contributed by atoms with E-state index in [4.69, 9.17) is 10.00 Å². The van der Waals surface area contributed by atoms with Crippen LogP contribution in [-0.2, 0) is 20.7 Å². The number of rotatable bonds is 5. The van der Waals surface area contributed by atoms with Crippen molar-refractivity contribution in [2.75, 3.05) is 13.1 Å². The van der Waals surface area contributed by atoms with Crippen LogP contribution >= 0.6 is 0 Å². The smallest absolute Gasteiger partial charge is 0.312 e. The number of ether oxygens (including phenoxy) is 1. The lowest BCUT2D eigenvalue weighted by Crippen LogP contribution is -2.29. The minimum atomic E-state index is -0.772. The van der Waals surface area contributed by atoms with E-state index in [0.29, 0.717) is 13.1 Å². The quantitative estimate of drug-likeness (QED) is 0.770. The fourth-order valence-corrected chi connectivity index (χ4v) is 2.35. The van der Waals surface area contributed by atoms with Crippen molar-refractivity contribution >= 4 is 11.9 Å². The fraction of sp³-hybridized carbons (Fsp3) is 0.438. The number of hydrogen-bond acceptors (Lipinski definition) is 4. The van der Waals surface area contributed by atoms with Gasteiger partial charge in [-0.2, -0.15) is 5.26 Å². The Morgan fingerprint density at radius 2 is 2.19 bits per heavy atom. The Bertz CT molecular complexity index is 550. The van der Waals surface area contributed by atoms with Crippen LogP contribution in [0.5, 0.6) is 0 Å². The summed E-state index contributed by atoms with van der Waals surface area (Å²) in [5.41, 5.74) is 1.16. The normalized spacial score (nSPS) is 19.1. The van der Waals surface area contributed by atoms with E-state index >= 15 is 0 Å². The first-order chi connectivity index (χ1) is 10.1. The van der Waals surface area contributed by atoms with Crippen molar-refractivity contribution in [1.82, 2.24) is 4.90 Å². The average Bonchev–Trinajstić information content (AvgIpc) is 2.87. The lowest BCUT2D eigenvalue weighted by Gasteiger charge is -2.16. The topological polar surface area (TPSA) is 70.4 Å². The van der Waals surface area contributed by atoms with Crippen LogP contribution in [0.15, 0.2) is 30.3 Å². The van der Waals surface area contributed by atoms with Crippen LogP contribution in [0.3, 0.4) is 0 Å². The van der Waals surface area contributed by atoms with Crippen molar-refractivity contribution in [3.63, 3.8) is 0 Å². The Kier molecular flexibility index (Phi) is 4.94. The summed E-state index contributed by atoms with van der Waals surface area (Å²) in [6.07, 6.45) is 0.167. The fourth-order valence-electron chi connectivity index (χ4n) is 2.35. The molecule has 1 fully saturated rings. The highest BCUT2D eigenvalue weighted by molar-refractivity contribution is 5.86. The van der Waals surface area contributed by atoms with Crippen LogP contribution in [-0.4, -0.2) is 36.0 Å². The Morgan fingerprint density at radius 3 is 2.86 bits per heavy atom. The number of likely N-dealkylation sites (tertiary alicyclic amines) is 1. The summed E-state index contributed by atoms with van der Waals surface area (Å²) in [5, 5.41) is 8.64. The summed E-state index contributed by atoms with van der Waals surface area (Å²) < 4.78 is 4.96. The van der Waals surface area contributed by atoms with Crippen LogP contribution in [0.1, 0.15) is 18.9 Å². The molecule has 1 saturated heterocycles. The third-order valence-corrected chi connectivity index (χ3v) is 3.54. The van der Waals surface area contributed by atoms with E-state index in [2.05, 4.69) is 0 Å². The highest BCUT2D eigenvalue weighted by Crippen LogP contribution is 2.20. The lowest BCUT2D eigenvalue weighted by molar-refractivity contribution is -0.150. The number of amides is 1. The van der Waals surface area contributed by atoms with Gasteiger partial charge in [-0.15, -0.1) is 0 Å². The Labute approximate surface area is 124 Å². The van der Waals surface area contributed by atoms with E-state index in [1.54, 1.807) is 4.90 Å². The zero-order chi connectivity index (χ0) is 15.2. The lowest BCUT2D eigenvalue weighted by atomic mass is 10.1. The van der Waals surface area contributed by atoms with E-state index in [-0.39, 0.29) is 12.3 Å². The first kappa shape index (κ1) is 15.0. The largest absolute Gasteiger partial charge is 0.447 e. The second-order valence-electron chi connectivity index (χ2n) is 5.18. The van der Waals surface area contributed by atoms with Crippen molar-refractivity contribution in [3.05, 3.63) is 35.9 Å². The third kappa shape index (κ3) is 4.06. The van der Waals surface area contributed by atoms with Gasteiger partial charge in [0.05, 0.1) is 5.92 Å². The van der Waals surface area contributed by atoms with Gasteiger partial charge in [0.15, 0.2) is 6.10 Å². The van der Waals surface area contributed by atoms with E-state index in [1.165, 1.54) is 6.92 Å². The van der Waals surface area contributed by atoms with Gasteiger partial charge in [-0.05, 0) is 18.9 Å². The summed E-state index contributed by atoms with van der Waals surface area (Å²) in [6, 6.07) is 11.8. The van der Waals surface area contributed by atoms with Crippen LogP contribution in [0.25, 0.3) is 0 Å². The van der Waals surface area contributed by atoms with Gasteiger partial charge in [0, 0.05) is 19.5 Å². The third-order valence-electron chi connectivity index (χ3n) is 3.54. The molecular formula is C16H18N2O3. The van der Waals surface area contributed by atoms with Gasteiger partial charge in [-0.1, -0.05) is 30.3 Å². The highest BCUT2D eigenvalue weighted by atomic mass is 16.5. The number of carbonyl (C=O) groups is 2. The average molecular weight is 286 g/mol. The minimum Gasteiger partial charge on any atom is -0.447 e. The van der Waals surface area contributed by atoms with Gasteiger partial charge in [0.1, 0.15) is 6.07 Å². The molecule has 1 aromatic rings. The van der Waals surface area contributed by atoms with Gasteiger partial charge >= 0.3 is 5.97 Å². The minimum absolute atomic E-state index is 0.0301. The van der Waals surface area contributed by atoms with Crippen molar-refractivity contribution in [1.29, 1.82) is 5.26 Å². The molecule has 1 aliphatic heterocycles. The Balaban J connectivity index is 1.85. The number of nitrogens with zero attached hydrogens (tertiary/aromatic N) is 2. The second kappa shape index (κ2) is 6.89. The van der Waals surface area contributed by atoms with Crippen LogP contribution < -0.4 is 0 Å². The molecule has 0 aromatic heterocycles. The molecule has 0 bridgehead atoms. The zero-order valence-electron chi connectivity index (χ0n) is 12.0. The molecule has 5 heteroatoms. The molecule has 0 saturated carbocycles. The first-order valence-electron chi connectivity index (χ1n) is 7.02. The van der Waals surface area contributed by atoms with Gasteiger partial charge in [0.2, 0.25) is 5.91 Å². The van der Waals surface area contributed by atoms with Crippen LogP contribution in [0, 0.1) is 17.2 Å². The Hall–Kier alpha value is -2.35. The first-order valence-corrected chi connectivity index (χ1v) is 7.02. The maximum Gasteiger partial charge on any atom is 0.312 e. The summed E-state index contributed by atoms with van der Waals surface area (Å²) >= 11 is 0. The van der Waals surface area contributed by atoms with E-state index in [1.807, 2.05) is 36.4 Å². The summed E-state index contributed by atoms with van der Waals surface area (Å²) in [6.45, 7) is 2.49. The van der Waals surface area contributed by atoms with E-state index < -0.39 is 18.0 Å². The molecule has 0 aliphatic carbocycles. The monoisotopic (exact) mass is 286 g/mol. The molecular weight excluding hydrogens is 268 g/mol. The number of nitriles is 1. The SMILES string of the molecule is C[C@H](C#N)OC(=O)[C@@H]1CC(=O)N(CCc2ccccc2)C1. The van der Waals surface area contributed by atoms with Gasteiger partial charge in [-0.3, -0.25) is 9.59 Å². The molecule has 0 radical (unpaired) electrons. The molecule has 110 valence electrons. The molecule has 0 unspecified atom stereocenters. The molecule has 1 heterocycles. The summed E-state index contributed by atoms with van der Waals surface area (Å²) in [4.78, 5) is 25.4. The summed E-state index contributed by atoms with van der Waals surface area (Å²) in [5.74, 6) is -0.943.